The molecule has 0 saturated heterocycles. The predicted octanol–water partition coefficient (Wildman–Crippen LogP) is 5.78. The Kier molecular flexibility index (Phi) is 3.62. The molecule has 142 valence electrons. The number of carbonyl (C=O) groups excluding carboxylic acids is 1. The summed E-state index contributed by atoms with van der Waals surface area (Å²) in [5.74, 6) is 0.0956. The molecule has 0 aliphatic carbocycles. The van der Waals surface area contributed by atoms with Crippen LogP contribution in [0.2, 0.25) is 0 Å². The van der Waals surface area contributed by atoms with Gasteiger partial charge in [-0.25, -0.2) is 0 Å². The second kappa shape index (κ2) is 6.22. The van der Waals surface area contributed by atoms with E-state index in [1.54, 1.807) is 0 Å². The highest BCUT2D eigenvalue weighted by Crippen LogP contribution is 2.48. The fraction of sp³-hybridized carbons (Fsp3) is 0.125. The molecule has 3 aromatic carbocycles. The molecule has 0 radical (unpaired) electrons. The van der Waals surface area contributed by atoms with Gasteiger partial charge in [0.1, 0.15) is 0 Å². The van der Waals surface area contributed by atoms with Crippen molar-refractivity contribution in [1.29, 1.82) is 0 Å². The number of aromatic nitrogens is 1. The molecule has 3 heterocycles. The van der Waals surface area contributed by atoms with Crippen molar-refractivity contribution in [2.45, 2.75) is 12.6 Å². The van der Waals surface area contributed by atoms with Gasteiger partial charge in [0, 0.05) is 21.9 Å². The maximum Gasteiger partial charge on any atom is 0.257 e. The average molecular weight is 444 g/mol. The van der Waals surface area contributed by atoms with Gasteiger partial charge in [-0.1, -0.05) is 42.5 Å². The van der Waals surface area contributed by atoms with Crippen molar-refractivity contribution in [3.05, 3.63) is 94.1 Å². The van der Waals surface area contributed by atoms with Gasteiger partial charge in [0.15, 0.2) is 6.17 Å². The number of hydrogen-bond acceptors (Lipinski definition) is 2. The van der Waals surface area contributed by atoms with E-state index >= 15 is 0 Å². The van der Waals surface area contributed by atoms with Crippen LogP contribution in [-0.4, -0.2) is 22.3 Å². The molecular formula is C24H18BrN3O. The largest absolute Gasteiger partial charge is 0.355 e. The molecule has 1 amide bonds. The second-order valence-corrected chi connectivity index (χ2v) is 8.38. The first kappa shape index (κ1) is 16.9. The van der Waals surface area contributed by atoms with E-state index in [0.717, 1.165) is 39.0 Å². The van der Waals surface area contributed by atoms with Gasteiger partial charge in [0.05, 0.1) is 22.6 Å². The summed E-state index contributed by atoms with van der Waals surface area (Å²) in [5.41, 5.74) is 6.28. The number of carbonyl (C=O) groups is 1. The highest BCUT2D eigenvalue weighted by molar-refractivity contribution is 9.10. The number of anilines is 2. The molecule has 29 heavy (non-hydrogen) atoms. The topological polar surface area (TPSA) is 39.3 Å². The lowest BCUT2D eigenvalue weighted by Gasteiger charge is -2.47. The molecule has 0 fully saturated rings. The number of fused-ring (bicyclic) bond motifs is 6. The molecule has 1 atom stereocenters. The quantitative estimate of drug-likeness (QED) is 0.404. The van der Waals surface area contributed by atoms with Crippen molar-refractivity contribution in [2.75, 3.05) is 11.4 Å². The standard InChI is InChI=1S/C24H18BrN3O/c25-18-9-3-6-12-21(18)28-20-11-5-2-8-17(20)24(29)27-14-13-16-15-7-1-4-10-19(15)26-22(16)23(27)28/h1-12,23,26H,13-14H2. The summed E-state index contributed by atoms with van der Waals surface area (Å²) in [4.78, 5) is 21.3. The van der Waals surface area contributed by atoms with Crippen LogP contribution >= 0.6 is 15.9 Å². The Morgan fingerprint density at radius 1 is 0.897 bits per heavy atom. The molecule has 6 rings (SSSR count). The molecule has 0 spiro atoms. The Morgan fingerprint density at radius 2 is 1.62 bits per heavy atom. The van der Waals surface area contributed by atoms with Crippen LogP contribution in [-0.2, 0) is 6.42 Å². The summed E-state index contributed by atoms with van der Waals surface area (Å²) in [7, 11) is 0. The number of nitrogens with zero attached hydrogens (tertiary/aromatic N) is 2. The maximum atomic E-state index is 13.4. The van der Waals surface area contributed by atoms with Crippen LogP contribution in [0.5, 0.6) is 0 Å². The van der Waals surface area contributed by atoms with Gasteiger partial charge in [0.2, 0.25) is 0 Å². The van der Waals surface area contributed by atoms with Gasteiger partial charge in [-0.3, -0.25) is 4.79 Å². The lowest BCUT2D eigenvalue weighted by atomic mass is 9.95. The van der Waals surface area contributed by atoms with Crippen LogP contribution in [0, 0.1) is 0 Å². The van der Waals surface area contributed by atoms with E-state index in [4.69, 9.17) is 0 Å². The third kappa shape index (κ3) is 2.34. The fourth-order valence-electron chi connectivity index (χ4n) is 4.76. The van der Waals surface area contributed by atoms with Gasteiger partial charge in [-0.15, -0.1) is 0 Å². The zero-order valence-corrected chi connectivity index (χ0v) is 17.2. The van der Waals surface area contributed by atoms with Crippen LogP contribution < -0.4 is 4.90 Å². The second-order valence-electron chi connectivity index (χ2n) is 7.52. The zero-order chi connectivity index (χ0) is 19.5. The third-order valence-corrected chi connectivity index (χ3v) is 6.68. The Morgan fingerprint density at radius 3 is 2.48 bits per heavy atom. The summed E-state index contributed by atoms with van der Waals surface area (Å²) in [5, 5.41) is 1.25. The first-order valence-corrected chi connectivity index (χ1v) is 10.6. The molecule has 1 aromatic heterocycles. The summed E-state index contributed by atoms with van der Waals surface area (Å²) >= 11 is 3.73. The van der Waals surface area contributed by atoms with E-state index < -0.39 is 0 Å². The van der Waals surface area contributed by atoms with Gasteiger partial charge in [-0.2, -0.15) is 0 Å². The van der Waals surface area contributed by atoms with Crippen LogP contribution in [0.1, 0.15) is 27.8 Å². The van der Waals surface area contributed by atoms with Crippen molar-refractivity contribution >= 4 is 44.1 Å². The molecule has 5 heteroatoms. The Balaban J connectivity index is 1.66. The molecule has 0 bridgehead atoms. The summed E-state index contributed by atoms with van der Waals surface area (Å²) in [6.45, 7) is 0.702. The van der Waals surface area contributed by atoms with E-state index in [2.05, 4.69) is 56.1 Å². The van der Waals surface area contributed by atoms with E-state index in [9.17, 15) is 4.79 Å². The van der Waals surface area contributed by atoms with E-state index in [-0.39, 0.29) is 12.1 Å². The molecule has 2 aliphatic rings. The first-order chi connectivity index (χ1) is 14.2. The van der Waals surface area contributed by atoms with Gasteiger partial charge >= 0.3 is 0 Å². The minimum atomic E-state index is -0.202. The van der Waals surface area contributed by atoms with Crippen molar-refractivity contribution in [1.82, 2.24) is 9.88 Å². The fourth-order valence-corrected chi connectivity index (χ4v) is 5.24. The summed E-state index contributed by atoms with van der Waals surface area (Å²) in [6, 6.07) is 24.5. The van der Waals surface area contributed by atoms with Crippen LogP contribution in [0.25, 0.3) is 10.9 Å². The number of nitrogens with one attached hydrogen (secondary N) is 1. The van der Waals surface area contributed by atoms with Crippen LogP contribution in [0.4, 0.5) is 11.4 Å². The van der Waals surface area contributed by atoms with Gasteiger partial charge in [0.25, 0.3) is 5.91 Å². The Bertz CT molecular complexity index is 1280. The normalized spacial score (nSPS) is 17.8. The minimum absolute atomic E-state index is 0.0956. The van der Waals surface area contributed by atoms with Gasteiger partial charge < -0.3 is 14.8 Å². The number of benzene rings is 3. The SMILES string of the molecule is O=C1c2ccccc2N(c2ccccc2Br)C2c3[nH]c4ccccc4c3CCN12. The number of para-hydroxylation sites is 3. The third-order valence-electron chi connectivity index (χ3n) is 6.01. The van der Waals surface area contributed by atoms with Crippen molar-refractivity contribution < 1.29 is 4.79 Å². The first-order valence-electron chi connectivity index (χ1n) is 9.77. The van der Waals surface area contributed by atoms with Gasteiger partial charge in [-0.05, 0) is 58.2 Å². The molecule has 0 saturated carbocycles. The number of hydrogen-bond donors (Lipinski definition) is 1. The molecule has 4 aromatic rings. The smallest absolute Gasteiger partial charge is 0.257 e. The van der Waals surface area contributed by atoms with E-state index in [1.165, 1.54) is 10.9 Å². The highest BCUT2D eigenvalue weighted by Gasteiger charge is 2.43. The monoisotopic (exact) mass is 443 g/mol. The molecule has 4 nitrogen and oxygen atoms in total. The number of aromatic amines is 1. The van der Waals surface area contributed by atoms with Crippen molar-refractivity contribution in [3.8, 4) is 0 Å². The minimum Gasteiger partial charge on any atom is -0.355 e. The average Bonchev–Trinajstić information content (AvgIpc) is 3.14. The van der Waals surface area contributed by atoms with Crippen LogP contribution in [0.3, 0.4) is 0 Å². The molecule has 1 unspecified atom stereocenters. The lowest BCUT2D eigenvalue weighted by Crippen LogP contribution is -2.50. The highest BCUT2D eigenvalue weighted by atomic mass is 79.9. The number of rotatable bonds is 1. The predicted molar refractivity (Wildman–Crippen MR) is 119 cm³/mol. The summed E-state index contributed by atoms with van der Waals surface area (Å²) in [6.07, 6.45) is 0.653. The van der Waals surface area contributed by atoms with E-state index in [1.807, 2.05) is 47.4 Å². The van der Waals surface area contributed by atoms with Crippen LogP contribution in [0.15, 0.2) is 77.3 Å². The molecule has 1 N–H and O–H groups in total. The molecule has 2 aliphatic heterocycles. The zero-order valence-electron chi connectivity index (χ0n) is 15.6. The summed E-state index contributed by atoms with van der Waals surface area (Å²) < 4.78 is 1.01. The van der Waals surface area contributed by atoms with Crippen molar-refractivity contribution in [3.63, 3.8) is 0 Å². The molecular weight excluding hydrogens is 426 g/mol. The Labute approximate surface area is 176 Å². The number of halogens is 1. The number of H-pyrrole nitrogens is 1. The Hall–Kier alpha value is -3.05. The van der Waals surface area contributed by atoms with E-state index in [0.29, 0.717) is 6.54 Å². The lowest BCUT2D eigenvalue weighted by molar-refractivity contribution is 0.0642. The maximum absolute atomic E-state index is 13.4. The number of amides is 1. The van der Waals surface area contributed by atoms with Crippen molar-refractivity contribution in [2.24, 2.45) is 0 Å².